The highest BCUT2D eigenvalue weighted by Gasteiger charge is 2.19. The number of tetrazole rings is 1. The minimum absolute atomic E-state index is 0.0171. The van der Waals surface area contributed by atoms with Gasteiger partial charge in [-0.15, -0.1) is 5.10 Å². The standard InChI is InChI=1S/C13H16N4O2/c1-2-11(10-6-4-3-5-7-10)13-14-15-16-17(13)9-8-12(18)19/h3-7,11H,2,8-9H2,1H3,(H,18,19). The zero-order valence-corrected chi connectivity index (χ0v) is 10.7. The molecule has 1 atom stereocenters. The van der Waals surface area contributed by atoms with Gasteiger partial charge < -0.3 is 5.11 Å². The molecule has 2 aromatic rings. The molecule has 1 unspecified atom stereocenters. The molecule has 0 aliphatic rings. The van der Waals surface area contributed by atoms with Crippen molar-refractivity contribution in [1.29, 1.82) is 0 Å². The Morgan fingerprint density at radius 1 is 1.37 bits per heavy atom. The van der Waals surface area contributed by atoms with Crippen molar-refractivity contribution in [2.24, 2.45) is 0 Å². The van der Waals surface area contributed by atoms with E-state index in [2.05, 4.69) is 22.4 Å². The summed E-state index contributed by atoms with van der Waals surface area (Å²) in [6.07, 6.45) is 0.876. The van der Waals surface area contributed by atoms with E-state index in [9.17, 15) is 4.79 Å². The highest BCUT2D eigenvalue weighted by molar-refractivity contribution is 5.66. The molecule has 0 saturated heterocycles. The largest absolute Gasteiger partial charge is 0.481 e. The summed E-state index contributed by atoms with van der Waals surface area (Å²) in [7, 11) is 0. The van der Waals surface area contributed by atoms with Crippen LogP contribution in [0.3, 0.4) is 0 Å². The van der Waals surface area contributed by atoms with Crippen molar-refractivity contribution in [3.05, 3.63) is 41.7 Å². The number of carboxylic acids is 1. The Morgan fingerprint density at radius 3 is 2.74 bits per heavy atom. The lowest BCUT2D eigenvalue weighted by Gasteiger charge is -2.14. The van der Waals surface area contributed by atoms with Gasteiger partial charge in [0.05, 0.1) is 13.0 Å². The van der Waals surface area contributed by atoms with E-state index in [4.69, 9.17) is 5.11 Å². The third kappa shape index (κ3) is 3.15. The molecule has 1 aromatic heterocycles. The van der Waals surface area contributed by atoms with E-state index in [-0.39, 0.29) is 12.3 Å². The van der Waals surface area contributed by atoms with E-state index >= 15 is 0 Å². The number of benzene rings is 1. The quantitative estimate of drug-likeness (QED) is 0.854. The molecular formula is C13H16N4O2. The summed E-state index contributed by atoms with van der Waals surface area (Å²) in [5.74, 6) is -0.0471. The molecule has 2 rings (SSSR count). The summed E-state index contributed by atoms with van der Waals surface area (Å²) >= 11 is 0. The van der Waals surface area contributed by atoms with Crippen LogP contribution in [0.15, 0.2) is 30.3 Å². The van der Waals surface area contributed by atoms with E-state index in [0.29, 0.717) is 6.54 Å². The molecule has 100 valence electrons. The highest BCUT2D eigenvalue weighted by Crippen LogP contribution is 2.25. The van der Waals surface area contributed by atoms with Gasteiger partial charge in [0.2, 0.25) is 0 Å². The van der Waals surface area contributed by atoms with E-state index in [1.54, 1.807) is 4.68 Å². The van der Waals surface area contributed by atoms with Gasteiger partial charge >= 0.3 is 5.97 Å². The zero-order chi connectivity index (χ0) is 13.7. The summed E-state index contributed by atoms with van der Waals surface area (Å²) in [6.45, 7) is 2.36. The van der Waals surface area contributed by atoms with Crippen molar-refractivity contribution in [3.63, 3.8) is 0 Å². The van der Waals surface area contributed by atoms with Crippen LogP contribution in [0, 0.1) is 0 Å². The van der Waals surface area contributed by atoms with Crippen LogP contribution in [0.25, 0.3) is 0 Å². The summed E-state index contributed by atoms with van der Waals surface area (Å²) in [4.78, 5) is 10.6. The van der Waals surface area contributed by atoms with Crippen LogP contribution in [0.5, 0.6) is 0 Å². The molecule has 1 N–H and O–H groups in total. The molecule has 0 radical (unpaired) electrons. The van der Waals surface area contributed by atoms with Gasteiger partial charge in [-0.2, -0.15) is 0 Å². The van der Waals surface area contributed by atoms with Gasteiger partial charge in [0.1, 0.15) is 0 Å². The number of nitrogens with zero attached hydrogens (tertiary/aromatic N) is 4. The van der Waals surface area contributed by atoms with Gasteiger partial charge in [-0.05, 0) is 22.4 Å². The van der Waals surface area contributed by atoms with Crippen LogP contribution in [0.1, 0.15) is 37.1 Å². The number of hydrogen-bond donors (Lipinski definition) is 1. The van der Waals surface area contributed by atoms with E-state index < -0.39 is 5.97 Å². The molecule has 0 fully saturated rings. The summed E-state index contributed by atoms with van der Waals surface area (Å²) in [5.41, 5.74) is 1.14. The molecule has 0 spiro atoms. The van der Waals surface area contributed by atoms with Crippen LogP contribution < -0.4 is 0 Å². The predicted octanol–water partition coefficient (Wildman–Crippen LogP) is 1.69. The second-order valence-corrected chi connectivity index (χ2v) is 4.28. The first-order chi connectivity index (χ1) is 9.22. The zero-order valence-electron chi connectivity index (χ0n) is 10.7. The third-order valence-corrected chi connectivity index (χ3v) is 3.02. The lowest BCUT2D eigenvalue weighted by molar-refractivity contribution is -0.137. The van der Waals surface area contributed by atoms with Crippen molar-refractivity contribution in [1.82, 2.24) is 20.2 Å². The smallest absolute Gasteiger partial charge is 0.305 e. The van der Waals surface area contributed by atoms with Crippen molar-refractivity contribution >= 4 is 5.97 Å². The second kappa shape index (κ2) is 6.08. The van der Waals surface area contributed by atoms with E-state index in [1.165, 1.54) is 0 Å². The predicted molar refractivity (Wildman–Crippen MR) is 68.6 cm³/mol. The van der Waals surface area contributed by atoms with Gasteiger partial charge in [0.25, 0.3) is 0 Å². The first kappa shape index (κ1) is 13.2. The van der Waals surface area contributed by atoms with Gasteiger partial charge in [-0.1, -0.05) is 37.3 Å². The SMILES string of the molecule is CCC(c1ccccc1)c1nnnn1CCC(=O)O. The Kier molecular flexibility index (Phi) is 4.22. The fourth-order valence-electron chi connectivity index (χ4n) is 2.07. The fraction of sp³-hybridized carbons (Fsp3) is 0.385. The second-order valence-electron chi connectivity index (χ2n) is 4.28. The van der Waals surface area contributed by atoms with Gasteiger partial charge in [0.15, 0.2) is 5.82 Å². The van der Waals surface area contributed by atoms with Crippen molar-refractivity contribution in [3.8, 4) is 0 Å². The van der Waals surface area contributed by atoms with Crippen LogP contribution in [-0.4, -0.2) is 31.3 Å². The van der Waals surface area contributed by atoms with Gasteiger partial charge in [0, 0.05) is 5.92 Å². The van der Waals surface area contributed by atoms with Crippen LogP contribution in [0.4, 0.5) is 0 Å². The lowest BCUT2D eigenvalue weighted by Crippen LogP contribution is -2.13. The van der Waals surface area contributed by atoms with Crippen LogP contribution >= 0.6 is 0 Å². The third-order valence-electron chi connectivity index (χ3n) is 3.02. The maximum Gasteiger partial charge on any atom is 0.305 e. The Morgan fingerprint density at radius 2 is 2.11 bits per heavy atom. The Bertz CT molecular complexity index is 539. The molecule has 1 aromatic carbocycles. The molecule has 6 heteroatoms. The maximum atomic E-state index is 10.6. The monoisotopic (exact) mass is 260 g/mol. The molecule has 19 heavy (non-hydrogen) atoms. The highest BCUT2D eigenvalue weighted by atomic mass is 16.4. The van der Waals surface area contributed by atoms with Crippen LogP contribution in [-0.2, 0) is 11.3 Å². The summed E-state index contributed by atoms with van der Waals surface area (Å²) < 4.78 is 1.58. The van der Waals surface area contributed by atoms with Gasteiger partial charge in [-0.3, -0.25) is 4.79 Å². The number of hydrogen-bond acceptors (Lipinski definition) is 4. The maximum absolute atomic E-state index is 10.6. The first-order valence-corrected chi connectivity index (χ1v) is 6.25. The normalized spacial score (nSPS) is 12.3. The summed E-state index contributed by atoms with van der Waals surface area (Å²) in [6, 6.07) is 9.98. The molecule has 0 saturated carbocycles. The Balaban J connectivity index is 2.24. The number of carbonyl (C=O) groups is 1. The van der Waals surface area contributed by atoms with Crippen molar-refractivity contribution in [2.75, 3.05) is 0 Å². The molecule has 0 aliphatic heterocycles. The number of carboxylic acid groups (broad SMARTS) is 1. The number of aliphatic carboxylic acids is 1. The first-order valence-electron chi connectivity index (χ1n) is 6.25. The lowest BCUT2D eigenvalue weighted by atomic mass is 9.96. The molecule has 0 amide bonds. The Hall–Kier alpha value is -2.24. The van der Waals surface area contributed by atoms with Crippen LogP contribution in [0.2, 0.25) is 0 Å². The minimum atomic E-state index is -0.853. The van der Waals surface area contributed by atoms with Crippen molar-refractivity contribution < 1.29 is 9.90 Å². The topological polar surface area (TPSA) is 80.9 Å². The average molecular weight is 260 g/mol. The summed E-state index contributed by atoms with van der Waals surface area (Å²) in [5, 5.41) is 20.3. The van der Waals surface area contributed by atoms with E-state index in [1.807, 2.05) is 30.3 Å². The molecule has 0 aliphatic carbocycles. The number of aromatic nitrogens is 4. The Labute approximate surface area is 111 Å². The average Bonchev–Trinajstić information content (AvgIpc) is 2.87. The minimum Gasteiger partial charge on any atom is -0.481 e. The van der Waals surface area contributed by atoms with Gasteiger partial charge in [-0.25, -0.2) is 4.68 Å². The number of rotatable bonds is 6. The fourth-order valence-corrected chi connectivity index (χ4v) is 2.07. The molecule has 6 nitrogen and oxygen atoms in total. The van der Waals surface area contributed by atoms with Crippen molar-refractivity contribution in [2.45, 2.75) is 32.2 Å². The molecule has 0 bridgehead atoms. The van der Waals surface area contributed by atoms with E-state index in [0.717, 1.165) is 17.8 Å². The molecule has 1 heterocycles. The molecular weight excluding hydrogens is 244 g/mol. The number of aryl methyl sites for hydroxylation is 1.